The lowest BCUT2D eigenvalue weighted by molar-refractivity contribution is 0.220. The molecule has 0 amide bonds. The molecule has 1 aromatic rings. The van der Waals surface area contributed by atoms with Crippen LogP contribution in [0, 0.1) is 5.92 Å². The standard InChI is InChI=1S/C16H28N2O/c1-4-13-7-5-8-14(11-13)17-12-15(18(2)3)16-9-6-10-19-16/h6,9-10,13-15,17H,4-5,7-8,11-12H2,1-3H3. The van der Waals surface area contributed by atoms with Gasteiger partial charge in [-0.1, -0.05) is 26.2 Å². The van der Waals surface area contributed by atoms with Gasteiger partial charge in [-0.25, -0.2) is 0 Å². The first-order valence-corrected chi connectivity index (χ1v) is 7.64. The van der Waals surface area contributed by atoms with Crippen LogP contribution in [-0.2, 0) is 0 Å². The molecule has 3 heteroatoms. The van der Waals surface area contributed by atoms with E-state index in [1.807, 2.05) is 6.07 Å². The molecule has 0 aliphatic heterocycles. The molecule has 0 saturated heterocycles. The molecule has 0 radical (unpaired) electrons. The lowest BCUT2D eigenvalue weighted by atomic mass is 9.84. The molecule has 1 aromatic heterocycles. The third-order valence-corrected chi connectivity index (χ3v) is 4.45. The minimum atomic E-state index is 0.331. The highest BCUT2D eigenvalue weighted by Crippen LogP contribution is 2.27. The fraction of sp³-hybridized carbons (Fsp3) is 0.750. The Morgan fingerprint density at radius 3 is 2.89 bits per heavy atom. The number of furan rings is 1. The highest BCUT2D eigenvalue weighted by Gasteiger charge is 2.23. The summed E-state index contributed by atoms with van der Waals surface area (Å²) in [6, 6.07) is 5.06. The van der Waals surface area contributed by atoms with E-state index < -0.39 is 0 Å². The van der Waals surface area contributed by atoms with Crippen molar-refractivity contribution in [1.29, 1.82) is 0 Å². The van der Waals surface area contributed by atoms with Crippen LogP contribution in [0.4, 0.5) is 0 Å². The summed E-state index contributed by atoms with van der Waals surface area (Å²) >= 11 is 0. The minimum Gasteiger partial charge on any atom is -0.468 e. The molecule has 1 N–H and O–H groups in total. The molecule has 1 aliphatic rings. The summed E-state index contributed by atoms with van der Waals surface area (Å²) in [5, 5.41) is 3.75. The van der Waals surface area contributed by atoms with Crippen LogP contribution in [0.15, 0.2) is 22.8 Å². The van der Waals surface area contributed by atoms with Gasteiger partial charge in [-0.05, 0) is 45.0 Å². The lowest BCUT2D eigenvalue weighted by Crippen LogP contribution is -2.39. The number of nitrogens with one attached hydrogen (secondary N) is 1. The lowest BCUT2D eigenvalue weighted by Gasteiger charge is -2.31. The number of rotatable bonds is 6. The second kappa shape index (κ2) is 7.11. The van der Waals surface area contributed by atoms with Gasteiger partial charge in [0, 0.05) is 12.6 Å². The molecule has 3 unspecified atom stereocenters. The van der Waals surface area contributed by atoms with Crippen molar-refractivity contribution < 1.29 is 4.42 Å². The average molecular weight is 264 g/mol. The van der Waals surface area contributed by atoms with Gasteiger partial charge in [0.15, 0.2) is 0 Å². The van der Waals surface area contributed by atoms with Crippen molar-refractivity contribution in [3.63, 3.8) is 0 Å². The molecule has 1 aliphatic carbocycles. The molecular weight excluding hydrogens is 236 g/mol. The van der Waals surface area contributed by atoms with Crippen LogP contribution in [0.5, 0.6) is 0 Å². The van der Waals surface area contributed by atoms with Gasteiger partial charge >= 0.3 is 0 Å². The van der Waals surface area contributed by atoms with Crippen LogP contribution in [0.25, 0.3) is 0 Å². The molecule has 0 spiro atoms. The van der Waals surface area contributed by atoms with Crippen LogP contribution < -0.4 is 5.32 Å². The van der Waals surface area contributed by atoms with E-state index in [2.05, 4.69) is 37.3 Å². The molecule has 3 nitrogen and oxygen atoms in total. The maximum atomic E-state index is 5.56. The normalized spacial score (nSPS) is 25.7. The summed E-state index contributed by atoms with van der Waals surface area (Å²) in [4.78, 5) is 2.23. The predicted molar refractivity (Wildman–Crippen MR) is 79.2 cm³/mol. The summed E-state index contributed by atoms with van der Waals surface area (Å²) in [6.07, 6.45) is 8.56. The molecule has 108 valence electrons. The first-order chi connectivity index (χ1) is 9.20. The highest BCUT2D eigenvalue weighted by atomic mass is 16.3. The summed E-state index contributed by atoms with van der Waals surface area (Å²) in [6.45, 7) is 3.29. The number of hydrogen-bond acceptors (Lipinski definition) is 3. The van der Waals surface area contributed by atoms with Gasteiger partial charge in [-0.3, -0.25) is 4.90 Å². The Bertz CT molecular complexity index is 348. The van der Waals surface area contributed by atoms with Crippen LogP contribution >= 0.6 is 0 Å². The van der Waals surface area contributed by atoms with Gasteiger partial charge in [0.2, 0.25) is 0 Å². The third-order valence-electron chi connectivity index (χ3n) is 4.45. The third kappa shape index (κ3) is 4.08. The second-order valence-electron chi connectivity index (χ2n) is 6.04. The van der Waals surface area contributed by atoms with E-state index in [1.165, 1.54) is 32.1 Å². The Morgan fingerprint density at radius 1 is 1.42 bits per heavy atom. The largest absolute Gasteiger partial charge is 0.468 e. The molecule has 3 atom stereocenters. The zero-order valence-corrected chi connectivity index (χ0v) is 12.6. The van der Waals surface area contributed by atoms with Gasteiger partial charge < -0.3 is 9.73 Å². The topological polar surface area (TPSA) is 28.4 Å². The molecular formula is C16H28N2O. The van der Waals surface area contributed by atoms with Gasteiger partial charge in [-0.15, -0.1) is 0 Å². The summed E-state index contributed by atoms with van der Waals surface area (Å²) in [5.41, 5.74) is 0. The maximum Gasteiger partial charge on any atom is 0.122 e. The van der Waals surface area contributed by atoms with Crippen LogP contribution in [0.3, 0.4) is 0 Å². The quantitative estimate of drug-likeness (QED) is 0.853. The van der Waals surface area contributed by atoms with Crippen molar-refractivity contribution in [2.45, 2.75) is 51.1 Å². The zero-order valence-electron chi connectivity index (χ0n) is 12.6. The van der Waals surface area contributed by atoms with Crippen molar-refractivity contribution in [1.82, 2.24) is 10.2 Å². The molecule has 2 rings (SSSR count). The molecule has 0 bridgehead atoms. The van der Waals surface area contributed by atoms with E-state index in [1.54, 1.807) is 6.26 Å². The first kappa shape index (κ1) is 14.6. The summed E-state index contributed by atoms with van der Waals surface area (Å²) < 4.78 is 5.56. The summed E-state index contributed by atoms with van der Waals surface area (Å²) in [5.74, 6) is 1.98. The SMILES string of the molecule is CCC1CCCC(NCC(c2ccco2)N(C)C)C1. The van der Waals surface area contributed by atoms with E-state index in [0.29, 0.717) is 12.1 Å². The number of likely N-dealkylation sites (N-methyl/N-ethyl adjacent to an activating group) is 1. The van der Waals surface area contributed by atoms with Crippen LogP contribution in [0.1, 0.15) is 50.8 Å². The van der Waals surface area contributed by atoms with E-state index in [9.17, 15) is 0 Å². The van der Waals surface area contributed by atoms with Gasteiger partial charge in [0.25, 0.3) is 0 Å². The number of hydrogen-bond donors (Lipinski definition) is 1. The van der Waals surface area contributed by atoms with Gasteiger partial charge in [0.05, 0.1) is 12.3 Å². The Kier molecular flexibility index (Phi) is 5.46. The van der Waals surface area contributed by atoms with Crippen molar-refractivity contribution in [3.05, 3.63) is 24.2 Å². The Balaban J connectivity index is 1.85. The van der Waals surface area contributed by atoms with Gasteiger partial charge in [-0.2, -0.15) is 0 Å². The summed E-state index contributed by atoms with van der Waals surface area (Å²) in [7, 11) is 4.23. The van der Waals surface area contributed by atoms with Crippen molar-refractivity contribution in [2.75, 3.05) is 20.6 Å². The first-order valence-electron chi connectivity index (χ1n) is 7.64. The van der Waals surface area contributed by atoms with E-state index in [-0.39, 0.29) is 0 Å². The Hall–Kier alpha value is -0.800. The Labute approximate surface area is 117 Å². The van der Waals surface area contributed by atoms with E-state index in [4.69, 9.17) is 4.42 Å². The fourth-order valence-electron chi connectivity index (χ4n) is 3.14. The average Bonchev–Trinajstić information content (AvgIpc) is 2.93. The maximum absolute atomic E-state index is 5.56. The monoisotopic (exact) mass is 264 g/mol. The van der Waals surface area contributed by atoms with E-state index in [0.717, 1.165) is 18.2 Å². The second-order valence-corrected chi connectivity index (χ2v) is 6.04. The molecule has 1 fully saturated rings. The van der Waals surface area contributed by atoms with E-state index >= 15 is 0 Å². The van der Waals surface area contributed by atoms with Crippen molar-refractivity contribution in [3.8, 4) is 0 Å². The van der Waals surface area contributed by atoms with Crippen molar-refractivity contribution >= 4 is 0 Å². The van der Waals surface area contributed by atoms with Crippen molar-refractivity contribution in [2.24, 2.45) is 5.92 Å². The Morgan fingerprint density at radius 2 is 2.26 bits per heavy atom. The van der Waals surface area contributed by atoms with Gasteiger partial charge in [0.1, 0.15) is 5.76 Å². The smallest absolute Gasteiger partial charge is 0.122 e. The van der Waals surface area contributed by atoms with Crippen LogP contribution in [-0.4, -0.2) is 31.6 Å². The zero-order chi connectivity index (χ0) is 13.7. The molecule has 0 aromatic carbocycles. The fourth-order valence-corrected chi connectivity index (χ4v) is 3.14. The molecule has 19 heavy (non-hydrogen) atoms. The molecule has 1 heterocycles. The number of nitrogens with zero attached hydrogens (tertiary/aromatic N) is 1. The van der Waals surface area contributed by atoms with Crippen LogP contribution in [0.2, 0.25) is 0 Å². The highest BCUT2D eigenvalue weighted by molar-refractivity contribution is 5.05. The molecule has 1 saturated carbocycles. The predicted octanol–water partition coefficient (Wildman–Crippen LogP) is 3.44. The minimum absolute atomic E-state index is 0.331.